The van der Waals surface area contributed by atoms with Crippen molar-refractivity contribution in [2.24, 2.45) is 0 Å². The number of nitro benzene ring substituents is 1. The van der Waals surface area contributed by atoms with E-state index < -0.39 is 15.8 Å². The molecule has 4 aromatic rings. The number of anilines is 1. The third-order valence-corrected chi connectivity index (χ3v) is 5.39. The Labute approximate surface area is 204 Å². The molecule has 2 aromatic carbocycles. The molecule has 0 bridgehead atoms. The second-order valence-corrected chi connectivity index (χ2v) is 8.15. The van der Waals surface area contributed by atoms with Crippen molar-refractivity contribution in [1.82, 2.24) is 9.78 Å². The van der Waals surface area contributed by atoms with E-state index in [1.165, 1.54) is 41.2 Å². The molecule has 1 amide bonds. The third-order valence-electron chi connectivity index (χ3n) is 5.39. The summed E-state index contributed by atoms with van der Waals surface area (Å²) in [6, 6.07) is 10.8. The molecular formula is C24H21N5O7. The van der Waals surface area contributed by atoms with Crippen LogP contribution in [0.3, 0.4) is 0 Å². The van der Waals surface area contributed by atoms with Gasteiger partial charge in [0.2, 0.25) is 0 Å². The number of carbonyl (C=O) groups excluding carboxylic acids is 1. The number of rotatable bonds is 8. The molecule has 0 atom stereocenters. The van der Waals surface area contributed by atoms with E-state index in [0.29, 0.717) is 11.5 Å². The Bertz CT molecular complexity index is 1490. The highest BCUT2D eigenvalue weighted by Gasteiger charge is 2.18. The summed E-state index contributed by atoms with van der Waals surface area (Å²) in [6.45, 7) is 5.83. The number of amides is 1. The van der Waals surface area contributed by atoms with Crippen LogP contribution in [-0.2, 0) is 6.54 Å². The van der Waals surface area contributed by atoms with E-state index in [4.69, 9.17) is 9.15 Å². The predicted molar refractivity (Wildman–Crippen MR) is 128 cm³/mol. The predicted octanol–water partition coefficient (Wildman–Crippen LogP) is 5.31. The van der Waals surface area contributed by atoms with Crippen LogP contribution in [0.2, 0.25) is 0 Å². The molecule has 2 heterocycles. The number of aromatic nitrogens is 2. The van der Waals surface area contributed by atoms with Gasteiger partial charge in [0.1, 0.15) is 29.7 Å². The van der Waals surface area contributed by atoms with Gasteiger partial charge in [-0.25, -0.2) is 0 Å². The largest absolute Gasteiger partial charge is 0.457 e. The topological polar surface area (TPSA) is 156 Å². The van der Waals surface area contributed by atoms with Gasteiger partial charge in [-0.1, -0.05) is 6.07 Å². The summed E-state index contributed by atoms with van der Waals surface area (Å²) in [7, 11) is 0. The molecule has 0 aliphatic rings. The van der Waals surface area contributed by atoms with E-state index in [9.17, 15) is 25.0 Å². The van der Waals surface area contributed by atoms with E-state index in [1.807, 2.05) is 32.9 Å². The highest BCUT2D eigenvalue weighted by atomic mass is 16.6. The van der Waals surface area contributed by atoms with Crippen molar-refractivity contribution in [3.8, 4) is 11.5 Å². The van der Waals surface area contributed by atoms with Gasteiger partial charge in [0.25, 0.3) is 11.6 Å². The minimum Gasteiger partial charge on any atom is -0.457 e. The fraction of sp³-hybridized carbons (Fsp3) is 0.167. The highest BCUT2D eigenvalue weighted by Crippen LogP contribution is 2.33. The van der Waals surface area contributed by atoms with Crippen LogP contribution in [0.25, 0.3) is 0 Å². The van der Waals surface area contributed by atoms with Crippen LogP contribution in [0.4, 0.5) is 17.1 Å². The summed E-state index contributed by atoms with van der Waals surface area (Å²) < 4.78 is 12.8. The second-order valence-electron chi connectivity index (χ2n) is 8.15. The van der Waals surface area contributed by atoms with E-state index in [0.717, 1.165) is 22.9 Å². The number of ether oxygens (including phenoxy) is 1. The van der Waals surface area contributed by atoms with Crippen LogP contribution in [-0.4, -0.2) is 25.5 Å². The van der Waals surface area contributed by atoms with Crippen molar-refractivity contribution in [1.29, 1.82) is 0 Å². The zero-order chi connectivity index (χ0) is 26.0. The summed E-state index contributed by atoms with van der Waals surface area (Å²) in [5.41, 5.74) is 2.60. The van der Waals surface area contributed by atoms with Gasteiger partial charge in [-0.05, 0) is 55.7 Å². The van der Waals surface area contributed by atoms with Crippen LogP contribution in [0.15, 0.2) is 59.3 Å². The minimum absolute atomic E-state index is 0.0502. The second kappa shape index (κ2) is 9.70. The van der Waals surface area contributed by atoms with Gasteiger partial charge >= 0.3 is 5.69 Å². The molecule has 0 fully saturated rings. The third kappa shape index (κ3) is 5.38. The molecule has 184 valence electrons. The number of nitro groups is 2. The zero-order valence-corrected chi connectivity index (χ0v) is 19.5. The molecule has 0 saturated heterocycles. The van der Waals surface area contributed by atoms with Gasteiger partial charge in [0.05, 0.1) is 28.1 Å². The highest BCUT2D eigenvalue weighted by molar-refractivity contribution is 6.02. The fourth-order valence-electron chi connectivity index (χ4n) is 3.52. The smallest absolute Gasteiger partial charge is 0.307 e. The van der Waals surface area contributed by atoms with Crippen molar-refractivity contribution in [3.63, 3.8) is 0 Å². The Kier molecular flexibility index (Phi) is 6.50. The molecule has 4 rings (SSSR count). The number of aryl methyl sites for hydroxylation is 2. The maximum atomic E-state index is 12.7. The number of nitrogens with zero attached hydrogens (tertiary/aromatic N) is 4. The van der Waals surface area contributed by atoms with Crippen LogP contribution in [0, 0.1) is 41.0 Å². The molecule has 0 aliphatic carbocycles. The lowest BCUT2D eigenvalue weighted by molar-refractivity contribution is -0.385. The van der Waals surface area contributed by atoms with Crippen LogP contribution < -0.4 is 10.1 Å². The SMILES string of the molecule is Cc1cc(C)c(C)c(Oc2cc(NC(=O)c3ccc(Cn4cc([N+](=O)[O-])cn4)o3)cc([N+](=O)[O-])c2)c1. The molecule has 0 aliphatic heterocycles. The maximum Gasteiger partial charge on any atom is 0.307 e. The number of carbonyl (C=O) groups is 1. The Morgan fingerprint density at radius 2 is 1.81 bits per heavy atom. The molecule has 0 saturated carbocycles. The Hall–Kier alpha value is -5.00. The molecule has 12 heteroatoms. The van der Waals surface area contributed by atoms with Crippen molar-refractivity contribution >= 4 is 23.0 Å². The first-order valence-electron chi connectivity index (χ1n) is 10.7. The lowest BCUT2D eigenvalue weighted by Gasteiger charge is -2.13. The molecule has 12 nitrogen and oxygen atoms in total. The molecule has 1 N–H and O–H groups in total. The summed E-state index contributed by atoms with van der Waals surface area (Å²) in [5.74, 6) is 0.395. The number of hydrogen-bond acceptors (Lipinski definition) is 8. The average Bonchev–Trinajstić information content (AvgIpc) is 3.47. The fourth-order valence-corrected chi connectivity index (χ4v) is 3.52. The number of hydrogen-bond donors (Lipinski definition) is 1. The summed E-state index contributed by atoms with van der Waals surface area (Å²) in [5, 5.41) is 28.7. The van der Waals surface area contributed by atoms with E-state index in [1.54, 1.807) is 0 Å². The van der Waals surface area contributed by atoms with Crippen molar-refractivity contribution in [2.75, 3.05) is 5.32 Å². The summed E-state index contributed by atoms with van der Waals surface area (Å²) >= 11 is 0. The van der Waals surface area contributed by atoms with Crippen molar-refractivity contribution in [3.05, 3.63) is 103 Å². The summed E-state index contributed by atoms with van der Waals surface area (Å²) in [6.07, 6.45) is 2.35. The van der Waals surface area contributed by atoms with Gasteiger partial charge in [0, 0.05) is 12.1 Å². The molecule has 0 radical (unpaired) electrons. The van der Waals surface area contributed by atoms with Gasteiger partial charge in [-0.3, -0.25) is 29.7 Å². The van der Waals surface area contributed by atoms with Crippen molar-refractivity contribution < 1.29 is 23.8 Å². The first-order chi connectivity index (χ1) is 17.1. The molecule has 36 heavy (non-hydrogen) atoms. The van der Waals surface area contributed by atoms with E-state index in [2.05, 4.69) is 10.4 Å². The van der Waals surface area contributed by atoms with Crippen molar-refractivity contribution in [2.45, 2.75) is 27.3 Å². The van der Waals surface area contributed by atoms with E-state index >= 15 is 0 Å². The van der Waals surface area contributed by atoms with Gasteiger partial charge in [0.15, 0.2) is 5.76 Å². The Morgan fingerprint density at radius 3 is 2.50 bits per heavy atom. The molecule has 0 unspecified atom stereocenters. The normalized spacial score (nSPS) is 10.8. The minimum atomic E-state index is -0.637. The lowest BCUT2D eigenvalue weighted by Crippen LogP contribution is -2.11. The molecule has 2 aromatic heterocycles. The first-order valence-corrected chi connectivity index (χ1v) is 10.7. The zero-order valence-electron chi connectivity index (χ0n) is 19.5. The van der Waals surface area contributed by atoms with Crippen LogP contribution in [0.5, 0.6) is 11.5 Å². The van der Waals surface area contributed by atoms with Gasteiger partial charge in [-0.2, -0.15) is 5.10 Å². The van der Waals surface area contributed by atoms with Gasteiger partial charge in [-0.15, -0.1) is 0 Å². The number of furan rings is 1. The van der Waals surface area contributed by atoms with E-state index in [-0.39, 0.29) is 35.1 Å². The summed E-state index contributed by atoms with van der Waals surface area (Å²) in [4.78, 5) is 33.9. The lowest BCUT2D eigenvalue weighted by atomic mass is 10.1. The molecular weight excluding hydrogens is 470 g/mol. The number of nitrogens with one attached hydrogen (secondary N) is 1. The standard InChI is InChI=1S/C24H21N5O7/c1-14-6-15(2)16(3)23(7-14)36-21-9-17(8-18(10-21)28(31)32)26-24(30)22-5-4-20(35-22)13-27-12-19(11-25-27)29(33)34/h4-12H,13H2,1-3H3,(H,26,30). The molecule has 0 spiro atoms. The number of benzene rings is 2. The quantitative estimate of drug-likeness (QED) is 0.257. The Morgan fingerprint density at radius 1 is 1.06 bits per heavy atom. The monoisotopic (exact) mass is 491 g/mol. The van der Waals surface area contributed by atoms with Crippen LogP contribution in [0.1, 0.15) is 33.0 Å². The average molecular weight is 491 g/mol. The maximum absolute atomic E-state index is 12.7. The Balaban J connectivity index is 1.53. The van der Waals surface area contributed by atoms with Crippen LogP contribution >= 0.6 is 0 Å². The first kappa shape index (κ1) is 24.1. The van der Waals surface area contributed by atoms with Gasteiger partial charge < -0.3 is 14.5 Å². The number of non-ortho nitro benzene ring substituents is 1.